The van der Waals surface area contributed by atoms with Crippen molar-refractivity contribution in [3.05, 3.63) is 23.8 Å². The summed E-state index contributed by atoms with van der Waals surface area (Å²) < 4.78 is 16.4. The molecule has 0 aliphatic rings. The number of methoxy groups -OCH3 is 1. The van der Waals surface area contributed by atoms with Crippen molar-refractivity contribution >= 4 is 0 Å². The summed E-state index contributed by atoms with van der Waals surface area (Å²) in [5, 5.41) is 0. The molecule has 1 aromatic carbocycles. The summed E-state index contributed by atoms with van der Waals surface area (Å²) in [5.74, 6) is 2.07. The molecule has 0 heterocycles. The maximum absolute atomic E-state index is 5.92. The molecule has 108 valence electrons. The zero-order valence-electron chi connectivity index (χ0n) is 12.3. The molecule has 2 N–H and O–H groups in total. The van der Waals surface area contributed by atoms with Crippen molar-refractivity contribution in [1.29, 1.82) is 0 Å². The molecule has 0 aliphatic heterocycles. The van der Waals surface area contributed by atoms with Gasteiger partial charge in [0.25, 0.3) is 0 Å². The lowest BCUT2D eigenvalue weighted by Crippen LogP contribution is -2.13. The highest BCUT2D eigenvalue weighted by atomic mass is 16.5. The van der Waals surface area contributed by atoms with Gasteiger partial charge in [-0.15, -0.1) is 0 Å². The van der Waals surface area contributed by atoms with E-state index in [4.69, 9.17) is 19.9 Å². The Hall–Kier alpha value is -1.26. The minimum absolute atomic E-state index is 0.0718. The highest BCUT2D eigenvalue weighted by Gasteiger charge is 2.09. The fourth-order valence-corrected chi connectivity index (χ4v) is 1.67. The van der Waals surface area contributed by atoms with Gasteiger partial charge in [0, 0.05) is 24.3 Å². The van der Waals surface area contributed by atoms with Gasteiger partial charge in [-0.2, -0.15) is 0 Å². The Labute approximate surface area is 115 Å². The highest BCUT2D eigenvalue weighted by Crippen LogP contribution is 2.28. The van der Waals surface area contributed by atoms with Crippen LogP contribution in [0.1, 0.15) is 32.4 Å². The Bertz CT molecular complexity index is 378. The van der Waals surface area contributed by atoms with E-state index in [-0.39, 0.29) is 6.04 Å². The Balaban J connectivity index is 2.55. The fourth-order valence-electron chi connectivity index (χ4n) is 1.67. The number of nitrogens with two attached hydrogens (primary N) is 1. The SMILES string of the molecule is COc1ccc([C@H](C)N)c(OCCOCC(C)C)c1. The Kier molecular flexibility index (Phi) is 6.67. The molecule has 0 spiro atoms. The molecular formula is C15H25NO3. The largest absolute Gasteiger partial charge is 0.497 e. The predicted octanol–water partition coefficient (Wildman–Crippen LogP) is 2.77. The van der Waals surface area contributed by atoms with E-state index < -0.39 is 0 Å². The summed E-state index contributed by atoms with van der Waals surface area (Å²) in [6.45, 7) is 8.02. The summed E-state index contributed by atoms with van der Waals surface area (Å²) >= 11 is 0. The average molecular weight is 267 g/mol. The molecule has 0 amide bonds. The molecular weight excluding hydrogens is 242 g/mol. The third-order valence-electron chi connectivity index (χ3n) is 2.65. The predicted molar refractivity (Wildman–Crippen MR) is 76.7 cm³/mol. The van der Waals surface area contributed by atoms with Crippen molar-refractivity contribution in [2.24, 2.45) is 11.7 Å². The van der Waals surface area contributed by atoms with Crippen LogP contribution < -0.4 is 15.2 Å². The van der Waals surface area contributed by atoms with E-state index in [1.165, 1.54) is 0 Å². The van der Waals surface area contributed by atoms with Crippen LogP contribution in [0.2, 0.25) is 0 Å². The van der Waals surface area contributed by atoms with Crippen molar-refractivity contribution < 1.29 is 14.2 Å². The van der Waals surface area contributed by atoms with Crippen LogP contribution in [0, 0.1) is 5.92 Å². The zero-order valence-corrected chi connectivity index (χ0v) is 12.3. The number of ether oxygens (including phenoxy) is 3. The first-order chi connectivity index (χ1) is 9.04. The van der Waals surface area contributed by atoms with Gasteiger partial charge in [-0.3, -0.25) is 0 Å². The molecule has 0 aliphatic carbocycles. The maximum Gasteiger partial charge on any atom is 0.127 e. The number of benzene rings is 1. The molecule has 0 fully saturated rings. The van der Waals surface area contributed by atoms with Gasteiger partial charge in [-0.05, 0) is 18.9 Å². The number of rotatable bonds is 8. The molecule has 0 radical (unpaired) electrons. The van der Waals surface area contributed by atoms with Gasteiger partial charge >= 0.3 is 0 Å². The molecule has 0 saturated heterocycles. The topological polar surface area (TPSA) is 53.7 Å². The Morgan fingerprint density at radius 1 is 1.16 bits per heavy atom. The van der Waals surface area contributed by atoms with Gasteiger partial charge < -0.3 is 19.9 Å². The van der Waals surface area contributed by atoms with E-state index >= 15 is 0 Å². The standard InChI is InChI=1S/C15H25NO3/c1-11(2)10-18-7-8-19-15-9-13(17-4)5-6-14(15)12(3)16/h5-6,9,11-12H,7-8,10,16H2,1-4H3/t12-/m0/s1. The van der Waals surface area contributed by atoms with Crippen molar-refractivity contribution in [1.82, 2.24) is 0 Å². The lowest BCUT2D eigenvalue weighted by atomic mass is 10.1. The summed E-state index contributed by atoms with van der Waals surface area (Å²) in [6.07, 6.45) is 0. The van der Waals surface area contributed by atoms with E-state index in [0.29, 0.717) is 19.1 Å². The number of hydrogen-bond donors (Lipinski definition) is 1. The van der Waals surface area contributed by atoms with E-state index in [1.807, 2.05) is 25.1 Å². The summed E-state index contributed by atoms with van der Waals surface area (Å²) in [7, 11) is 1.64. The van der Waals surface area contributed by atoms with Crippen LogP contribution in [0.5, 0.6) is 11.5 Å². The van der Waals surface area contributed by atoms with Crippen molar-refractivity contribution in [3.63, 3.8) is 0 Å². The lowest BCUT2D eigenvalue weighted by Gasteiger charge is -2.15. The summed E-state index contributed by atoms with van der Waals surface area (Å²) in [4.78, 5) is 0. The van der Waals surface area contributed by atoms with Crippen LogP contribution in [0.3, 0.4) is 0 Å². The van der Waals surface area contributed by atoms with Gasteiger partial charge in [0.1, 0.15) is 18.1 Å². The van der Waals surface area contributed by atoms with E-state index in [2.05, 4.69) is 13.8 Å². The minimum Gasteiger partial charge on any atom is -0.497 e. The summed E-state index contributed by atoms with van der Waals surface area (Å²) in [5.41, 5.74) is 6.90. The Morgan fingerprint density at radius 3 is 2.47 bits per heavy atom. The first-order valence-corrected chi connectivity index (χ1v) is 6.68. The maximum atomic E-state index is 5.92. The third-order valence-corrected chi connectivity index (χ3v) is 2.65. The fraction of sp³-hybridized carbons (Fsp3) is 0.600. The van der Waals surface area contributed by atoms with Gasteiger partial charge in [0.2, 0.25) is 0 Å². The molecule has 1 rings (SSSR count). The van der Waals surface area contributed by atoms with Gasteiger partial charge in [0.05, 0.1) is 13.7 Å². The van der Waals surface area contributed by atoms with E-state index in [0.717, 1.165) is 23.7 Å². The van der Waals surface area contributed by atoms with Crippen LogP contribution in [0.4, 0.5) is 0 Å². The average Bonchev–Trinajstić information content (AvgIpc) is 2.37. The normalized spacial score (nSPS) is 12.5. The zero-order chi connectivity index (χ0) is 14.3. The van der Waals surface area contributed by atoms with Crippen molar-refractivity contribution in [3.8, 4) is 11.5 Å². The molecule has 0 bridgehead atoms. The third kappa shape index (κ3) is 5.49. The molecule has 4 nitrogen and oxygen atoms in total. The van der Waals surface area contributed by atoms with Crippen LogP contribution in [-0.2, 0) is 4.74 Å². The number of hydrogen-bond acceptors (Lipinski definition) is 4. The van der Waals surface area contributed by atoms with Crippen LogP contribution in [0.15, 0.2) is 18.2 Å². The molecule has 4 heteroatoms. The second-order valence-electron chi connectivity index (χ2n) is 5.01. The highest BCUT2D eigenvalue weighted by molar-refractivity contribution is 5.42. The van der Waals surface area contributed by atoms with Crippen LogP contribution in [-0.4, -0.2) is 26.9 Å². The smallest absolute Gasteiger partial charge is 0.127 e. The molecule has 0 aromatic heterocycles. The van der Waals surface area contributed by atoms with Gasteiger partial charge in [0.15, 0.2) is 0 Å². The van der Waals surface area contributed by atoms with E-state index in [1.54, 1.807) is 7.11 Å². The monoisotopic (exact) mass is 267 g/mol. The molecule has 0 saturated carbocycles. The Morgan fingerprint density at radius 2 is 1.89 bits per heavy atom. The van der Waals surface area contributed by atoms with Crippen molar-refractivity contribution in [2.45, 2.75) is 26.8 Å². The second-order valence-corrected chi connectivity index (χ2v) is 5.01. The van der Waals surface area contributed by atoms with Crippen LogP contribution in [0.25, 0.3) is 0 Å². The second kappa shape index (κ2) is 8.02. The first-order valence-electron chi connectivity index (χ1n) is 6.68. The van der Waals surface area contributed by atoms with E-state index in [9.17, 15) is 0 Å². The molecule has 19 heavy (non-hydrogen) atoms. The molecule has 0 unspecified atom stereocenters. The van der Waals surface area contributed by atoms with Crippen molar-refractivity contribution in [2.75, 3.05) is 26.9 Å². The van der Waals surface area contributed by atoms with Gasteiger partial charge in [-0.1, -0.05) is 19.9 Å². The quantitative estimate of drug-likeness (QED) is 0.736. The minimum atomic E-state index is -0.0718. The first kappa shape index (κ1) is 15.8. The van der Waals surface area contributed by atoms with Crippen LogP contribution >= 0.6 is 0 Å². The lowest BCUT2D eigenvalue weighted by molar-refractivity contribution is 0.0815. The summed E-state index contributed by atoms with van der Waals surface area (Å²) in [6, 6.07) is 5.62. The molecule has 1 aromatic rings. The van der Waals surface area contributed by atoms with Gasteiger partial charge in [-0.25, -0.2) is 0 Å². The molecule has 1 atom stereocenters.